The van der Waals surface area contributed by atoms with E-state index in [0.29, 0.717) is 19.6 Å². The van der Waals surface area contributed by atoms with Gasteiger partial charge < -0.3 is 15.1 Å². The Labute approximate surface area is 204 Å². The van der Waals surface area contributed by atoms with Gasteiger partial charge in [0, 0.05) is 57.9 Å². The average Bonchev–Trinajstić information content (AvgIpc) is 2.84. The number of anilines is 1. The molecule has 1 fully saturated rings. The molecule has 9 heteroatoms. The Morgan fingerprint density at radius 2 is 1.60 bits per heavy atom. The number of benzene rings is 2. The normalized spacial score (nSPS) is 14.6. The van der Waals surface area contributed by atoms with Crippen LogP contribution in [0.3, 0.4) is 0 Å². The van der Waals surface area contributed by atoms with Crippen molar-refractivity contribution in [2.75, 3.05) is 44.6 Å². The summed E-state index contributed by atoms with van der Waals surface area (Å²) >= 11 is 0. The monoisotopic (exact) mass is 490 g/mol. The van der Waals surface area contributed by atoms with Crippen molar-refractivity contribution in [2.45, 2.75) is 38.9 Å². The number of amides is 3. The summed E-state index contributed by atoms with van der Waals surface area (Å²) in [5.41, 5.74) is 0.760. The van der Waals surface area contributed by atoms with E-state index >= 15 is 0 Å². The Morgan fingerprint density at radius 3 is 2.20 bits per heavy atom. The molecule has 0 aliphatic carbocycles. The van der Waals surface area contributed by atoms with Crippen LogP contribution >= 0.6 is 0 Å². The standard InChI is InChI=1S/C26H33F3N4O2/c1-2-3-14-33(25(35)30-23-11-9-22(10-12-23)26(27,28)29)15-13-24(34)32-18-16-31(17-19-32)20-21-7-5-4-6-8-21/h4-12H,2-3,13-20H2,1H3,(H,30,35). The van der Waals surface area contributed by atoms with Crippen LogP contribution in [0.4, 0.5) is 23.7 Å². The predicted molar refractivity (Wildman–Crippen MR) is 130 cm³/mol. The second-order valence-corrected chi connectivity index (χ2v) is 8.74. The fourth-order valence-electron chi connectivity index (χ4n) is 3.99. The third kappa shape index (κ3) is 8.28. The minimum Gasteiger partial charge on any atom is -0.340 e. The number of carbonyl (C=O) groups is 2. The van der Waals surface area contributed by atoms with Gasteiger partial charge in [0.2, 0.25) is 5.91 Å². The Hall–Kier alpha value is -3.07. The molecule has 2 aromatic carbocycles. The van der Waals surface area contributed by atoms with Gasteiger partial charge in [0.15, 0.2) is 0 Å². The molecule has 190 valence electrons. The van der Waals surface area contributed by atoms with Crippen LogP contribution in [0, 0.1) is 0 Å². The summed E-state index contributed by atoms with van der Waals surface area (Å²) in [6, 6.07) is 14.2. The highest BCUT2D eigenvalue weighted by atomic mass is 19.4. The summed E-state index contributed by atoms with van der Waals surface area (Å²) in [4.78, 5) is 31.3. The van der Waals surface area contributed by atoms with Crippen molar-refractivity contribution in [3.8, 4) is 0 Å². The van der Waals surface area contributed by atoms with Crippen molar-refractivity contribution < 1.29 is 22.8 Å². The van der Waals surface area contributed by atoms with Crippen LogP contribution in [0.1, 0.15) is 37.3 Å². The van der Waals surface area contributed by atoms with Crippen molar-refractivity contribution in [3.05, 3.63) is 65.7 Å². The van der Waals surface area contributed by atoms with Crippen LogP contribution in [0.2, 0.25) is 0 Å². The first kappa shape index (κ1) is 26.5. The van der Waals surface area contributed by atoms with E-state index in [1.54, 1.807) is 4.90 Å². The molecule has 0 radical (unpaired) electrons. The lowest BCUT2D eigenvalue weighted by molar-refractivity contribution is -0.137. The number of hydrogen-bond donors (Lipinski definition) is 1. The number of unbranched alkanes of at least 4 members (excludes halogenated alkanes) is 1. The summed E-state index contributed by atoms with van der Waals surface area (Å²) in [7, 11) is 0. The molecule has 1 N–H and O–H groups in total. The minimum absolute atomic E-state index is 0.00758. The number of carbonyl (C=O) groups excluding carboxylic acids is 2. The van der Waals surface area contributed by atoms with Gasteiger partial charge in [-0.3, -0.25) is 9.69 Å². The van der Waals surface area contributed by atoms with E-state index in [0.717, 1.165) is 44.6 Å². The zero-order chi connectivity index (χ0) is 25.3. The number of urea groups is 1. The van der Waals surface area contributed by atoms with Gasteiger partial charge in [-0.2, -0.15) is 13.2 Å². The maximum Gasteiger partial charge on any atom is 0.416 e. The number of nitrogens with one attached hydrogen (secondary N) is 1. The van der Waals surface area contributed by atoms with Gasteiger partial charge in [0.1, 0.15) is 0 Å². The van der Waals surface area contributed by atoms with Crippen molar-refractivity contribution >= 4 is 17.6 Å². The van der Waals surface area contributed by atoms with E-state index in [2.05, 4.69) is 22.3 Å². The number of alkyl halides is 3. The quantitative estimate of drug-likeness (QED) is 0.534. The van der Waals surface area contributed by atoms with Crippen molar-refractivity contribution in [2.24, 2.45) is 0 Å². The highest BCUT2D eigenvalue weighted by molar-refractivity contribution is 5.89. The molecule has 6 nitrogen and oxygen atoms in total. The van der Waals surface area contributed by atoms with Crippen LogP contribution in [0.25, 0.3) is 0 Å². The summed E-state index contributed by atoms with van der Waals surface area (Å²) in [5.74, 6) is 0.00758. The lowest BCUT2D eigenvalue weighted by Crippen LogP contribution is -2.49. The van der Waals surface area contributed by atoms with E-state index in [-0.39, 0.29) is 24.6 Å². The van der Waals surface area contributed by atoms with Crippen LogP contribution in [0.5, 0.6) is 0 Å². The molecule has 0 unspecified atom stereocenters. The first-order chi connectivity index (χ1) is 16.8. The molecule has 3 rings (SSSR count). The SMILES string of the molecule is CCCCN(CCC(=O)N1CCN(Cc2ccccc2)CC1)C(=O)Nc1ccc(C(F)(F)F)cc1. The van der Waals surface area contributed by atoms with E-state index in [1.807, 2.05) is 30.0 Å². The van der Waals surface area contributed by atoms with Crippen molar-refractivity contribution in [1.82, 2.24) is 14.7 Å². The second-order valence-electron chi connectivity index (χ2n) is 8.74. The maximum absolute atomic E-state index is 12.8. The first-order valence-electron chi connectivity index (χ1n) is 12.0. The van der Waals surface area contributed by atoms with E-state index in [9.17, 15) is 22.8 Å². The molecular formula is C26H33F3N4O2. The zero-order valence-electron chi connectivity index (χ0n) is 20.1. The molecular weight excluding hydrogens is 457 g/mol. The smallest absolute Gasteiger partial charge is 0.340 e. The van der Waals surface area contributed by atoms with Crippen molar-refractivity contribution in [1.29, 1.82) is 0 Å². The third-order valence-corrected chi connectivity index (χ3v) is 6.10. The molecule has 0 saturated carbocycles. The van der Waals surface area contributed by atoms with Gasteiger partial charge in [-0.05, 0) is 36.2 Å². The molecule has 1 heterocycles. The number of hydrogen-bond acceptors (Lipinski definition) is 3. The Balaban J connectivity index is 1.48. The van der Waals surface area contributed by atoms with Gasteiger partial charge >= 0.3 is 12.2 Å². The zero-order valence-corrected chi connectivity index (χ0v) is 20.1. The largest absolute Gasteiger partial charge is 0.416 e. The van der Waals surface area contributed by atoms with Crippen molar-refractivity contribution in [3.63, 3.8) is 0 Å². The number of nitrogens with zero attached hydrogens (tertiary/aromatic N) is 3. The highest BCUT2D eigenvalue weighted by Crippen LogP contribution is 2.29. The highest BCUT2D eigenvalue weighted by Gasteiger charge is 2.30. The van der Waals surface area contributed by atoms with Gasteiger partial charge in [-0.25, -0.2) is 4.79 Å². The van der Waals surface area contributed by atoms with Gasteiger partial charge in [0.05, 0.1) is 5.56 Å². The lowest BCUT2D eigenvalue weighted by Gasteiger charge is -2.35. The van der Waals surface area contributed by atoms with E-state index in [4.69, 9.17) is 0 Å². The van der Waals surface area contributed by atoms with Gasteiger partial charge in [0.25, 0.3) is 0 Å². The topological polar surface area (TPSA) is 55.9 Å². The molecule has 3 amide bonds. The van der Waals surface area contributed by atoms with E-state index in [1.165, 1.54) is 17.7 Å². The average molecular weight is 491 g/mol. The summed E-state index contributed by atoms with van der Waals surface area (Å²) < 4.78 is 38.3. The minimum atomic E-state index is -4.43. The molecule has 1 aliphatic heterocycles. The Bertz CT molecular complexity index is 943. The Kier molecular flexibility index (Phi) is 9.54. The summed E-state index contributed by atoms with van der Waals surface area (Å²) in [5, 5.41) is 2.65. The molecule has 2 aromatic rings. The first-order valence-corrected chi connectivity index (χ1v) is 12.0. The predicted octanol–water partition coefficient (Wildman–Crippen LogP) is 5.07. The molecule has 0 bridgehead atoms. The summed E-state index contributed by atoms with van der Waals surface area (Å²) in [6.07, 6.45) is -2.57. The van der Waals surface area contributed by atoms with Crippen LogP contribution in [-0.2, 0) is 17.5 Å². The molecule has 1 aliphatic rings. The van der Waals surface area contributed by atoms with Crippen LogP contribution < -0.4 is 5.32 Å². The second kappa shape index (κ2) is 12.6. The molecule has 0 aromatic heterocycles. The van der Waals surface area contributed by atoms with Gasteiger partial charge in [-0.1, -0.05) is 43.7 Å². The summed E-state index contributed by atoms with van der Waals surface area (Å²) in [6.45, 7) is 6.50. The fourth-order valence-corrected chi connectivity index (χ4v) is 3.99. The molecule has 0 spiro atoms. The van der Waals surface area contributed by atoms with Crippen LogP contribution in [0.15, 0.2) is 54.6 Å². The van der Waals surface area contributed by atoms with Gasteiger partial charge in [-0.15, -0.1) is 0 Å². The molecule has 35 heavy (non-hydrogen) atoms. The number of rotatable bonds is 9. The number of piperazine rings is 1. The van der Waals surface area contributed by atoms with E-state index < -0.39 is 17.8 Å². The third-order valence-electron chi connectivity index (χ3n) is 6.10. The molecule has 1 saturated heterocycles. The maximum atomic E-state index is 12.8. The number of halogens is 3. The van der Waals surface area contributed by atoms with Crippen LogP contribution in [-0.4, -0.2) is 65.9 Å². The fraction of sp³-hybridized carbons (Fsp3) is 0.462. The lowest BCUT2D eigenvalue weighted by atomic mass is 10.2. The molecule has 0 atom stereocenters. The Morgan fingerprint density at radius 1 is 0.943 bits per heavy atom.